The van der Waals surface area contributed by atoms with E-state index in [9.17, 15) is 0 Å². The molecule has 1 aromatic heterocycles. The van der Waals surface area contributed by atoms with Gasteiger partial charge in [0, 0.05) is 23.5 Å². The maximum atomic E-state index is 5.40. The molecule has 1 unspecified atom stereocenters. The predicted molar refractivity (Wildman–Crippen MR) is 107 cm³/mol. The van der Waals surface area contributed by atoms with Crippen LogP contribution in [0.15, 0.2) is 46.8 Å². The van der Waals surface area contributed by atoms with Crippen LogP contribution in [0.1, 0.15) is 23.4 Å². The zero-order valence-corrected chi connectivity index (χ0v) is 16.3. The van der Waals surface area contributed by atoms with E-state index in [2.05, 4.69) is 54.1 Å². The molecule has 5 nitrogen and oxygen atoms in total. The number of methoxy groups -OCH3 is 1. The summed E-state index contributed by atoms with van der Waals surface area (Å²) >= 11 is 1.78. The highest BCUT2D eigenvalue weighted by Gasteiger charge is 2.15. The second kappa shape index (κ2) is 10.1. The minimum atomic E-state index is 0.315. The van der Waals surface area contributed by atoms with Crippen LogP contribution in [0, 0.1) is 0 Å². The van der Waals surface area contributed by atoms with Gasteiger partial charge in [-0.3, -0.25) is 0 Å². The number of benzene rings is 1. The zero-order chi connectivity index (χ0) is 18.1. The Labute approximate surface area is 154 Å². The van der Waals surface area contributed by atoms with Gasteiger partial charge in [-0.2, -0.15) is 0 Å². The van der Waals surface area contributed by atoms with Gasteiger partial charge in [0.1, 0.15) is 5.75 Å². The lowest BCUT2D eigenvalue weighted by Crippen LogP contribution is -2.41. The maximum absolute atomic E-state index is 5.40. The fraction of sp³-hybridized carbons (Fsp3) is 0.421. The summed E-state index contributed by atoms with van der Waals surface area (Å²) in [6, 6.07) is 12.6. The van der Waals surface area contributed by atoms with Gasteiger partial charge in [0.05, 0.1) is 19.7 Å². The van der Waals surface area contributed by atoms with E-state index < -0.39 is 0 Å². The summed E-state index contributed by atoms with van der Waals surface area (Å²) in [6.45, 7) is 4.27. The van der Waals surface area contributed by atoms with E-state index in [1.165, 1.54) is 4.88 Å². The molecule has 2 N–H and O–H groups in total. The van der Waals surface area contributed by atoms with Gasteiger partial charge in [-0.05, 0) is 38.5 Å². The van der Waals surface area contributed by atoms with E-state index in [1.54, 1.807) is 18.4 Å². The second-order valence-electron chi connectivity index (χ2n) is 5.88. The molecule has 0 aliphatic heterocycles. The summed E-state index contributed by atoms with van der Waals surface area (Å²) in [5.41, 5.74) is 1.07. The van der Waals surface area contributed by atoms with Crippen molar-refractivity contribution in [3.05, 3.63) is 52.2 Å². The molecule has 0 fully saturated rings. The number of ether oxygens (including phenoxy) is 1. The van der Waals surface area contributed by atoms with Crippen LogP contribution >= 0.6 is 11.3 Å². The minimum absolute atomic E-state index is 0.315. The fourth-order valence-corrected chi connectivity index (χ4v) is 3.47. The van der Waals surface area contributed by atoms with Gasteiger partial charge >= 0.3 is 0 Å². The van der Waals surface area contributed by atoms with Crippen LogP contribution in [0.4, 0.5) is 0 Å². The van der Waals surface area contributed by atoms with Crippen molar-refractivity contribution in [1.29, 1.82) is 0 Å². The summed E-state index contributed by atoms with van der Waals surface area (Å²) in [7, 11) is 5.89. The van der Waals surface area contributed by atoms with Crippen molar-refractivity contribution >= 4 is 17.3 Å². The number of hydrogen-bond donors (Lipinski definition) is 2. The molecule has 2 aromatic rings. The summed E-state index contributed by atoms with van der Waals surface area (Å²) in [5.74, 6) is 1.68. The minimum Gasteiger partial charge on any atom is -0.496 e. The Hall–Kier alpha value is -2.05. The first-order chi connectivity index (χ1) is 12.2. The molecule has 2 rings (SSSR count). The number of guanidine groups is 1. The monoisotopic (exact) mass is 360 g/mol. The molecule has 0 bridgehead atoms. The van der Waals surface area contributed by atoms with Crippen LogP contribution in [-0.2, 0) is 6.54 Å². The van der Waals surface area contributed by atoms with E-state index >= 15 is 0 Å². The third kappa shape index (κ3) is 5.76. The molecular weight excluding hydrogens is 332 g/mol. The third-order valence-electron chi connectivity index (χ3n) is 3.90. The highest BCUT2D eigenvalue weighted by Crippen LogP contribution is 2.22. The first-order valence-corrected chi connectivity index (χ1v) is 9.37. The topological polar surface area (TPSA) is 48.9 Å². The van der Waals surface area contributed by atoms with Crippen LogP contribution in [0.25, 0.3) is 0 Å². The van der Waals surface area contributed by atoms with Crippen molar-refractivity contribution < 1.29 is 4.74 Å². The quantitative estimate of drug-likeness (QED) is 0.561. The molecule has 136 valence electrons. The first-order valence-electron chi connectivity index (χ1n) is 8.49. The smallest absolute Gasteiger partial charge is 0.191 e. The number of nitrogens with one attached hydrogen (secondary N) is 2. The number of aliphatic imine (C=N–C) groups is 1. The lowest BCUT2D eigenvalue weighted by molar-refractivity contribution is 0.302. The summed E-state index contributed by atoms with van der Waals surface area (Å²) in [5, 5.41) is 8.89. The Balaban J connectivity index is 2.04. The van der Waals surface area contributed by atoms with Crippen molar-refractivity contribution in [2.45, 2.75) is 19.5 Å². The molecule has 1 atom stereocenters. The molecule has 0 amide bonds. The lowest BCUT2D eigenvalue weighted by atomic mass is 10.2. The first kappa shape index (κ1) is 19.3. The van der Waals surface area contributed by atoms with E-state index in [-0.39, 0.29) is 0 Å². The Morgan fingerprint density at radius 1 is 1.20 bits per heavy atom. The fourth-order valence-electron chi connectivity index (χ4n) is 2.55. The van der Waals surface area contributed by atoms with Gasteiger partial charge < -0.3 is 20.3 Å². The van der Waals surface area contributed by atoms with Gasteiger partial charge in [0.15, 0.2) is 5.96 Å². The van der Waals surface area contributed by atoms with Crippen LogP contribution < -0.4 is 15.4 Å². The van der Waals surface area contributed by atoms with Crippen molar-refractivity contribution in [2.24, 2.45) is 4.99 Å². The standard InChI is InChI=1S/C19H28N4OS/c1-5-20-19(21-13-15-9-6-7-10-17(15)24-4)22-14-16(23(2)3)18-11-8-12-25-18/h6-12,16H,5,13-14H2,1-4H3,(H2,20,21,22). The number of hydrogen-bond acceptors (Lipinski definition) is 4. The predicted octanol–water partition coefficient (Wildman–Crippen LogP) is 3.11. The highest BCUT2D eigenvalue weighted by molar-refractivity contribution is 7.10. The number of para-hydroxylation sites is 1. The molecule has 6 heteroatoms. The van der Waals surface area contributed by atoms with Gasteiger partial charge in [-0.1, -0.05) is 24.3 Å². The summed E-state index contributed by atoms with van der Waals surface area (Å²) in [6.07, 6.45) is 0. The molecule has 0 saturated carbocycles. The van der Waals surface area contributed by atoms with Crippen LogP contribution in [-0.4, -0.2) is 45.2 Å². The number of thiophene rings is 1. The van der Waals surface area contributed by atoms with Gasteiger partial charge in [0.2, 0.25) is 0 Å². The number of nitrogens with zero attached hydrogens (tertiary/aromatic N) is 2. The molecule has 0 saturated heterocycles. The molecule has 0 radical (unpaired) electrons. The van der Waals surface area contributed by atoms with E-state index in [4.69, 9.17) is 9.73 Å². The Bertz CT molecular complexity index is 655. The van der Waals surface area contributed by atoms with E-state index in [1.807, 2.05) is 24.3 Å². The van der Waals surface area contributed by atoms with Crippen LogP contribution in [0.5, 0.6) is 5.75 Å². The number of likely N-dealkylation sites (N-methyl/N-ethyl adjacent to an activating group) is 1. The van der Waals surface area contributed by atoms with Crippen molar-refractivity contribution in [3.63, 3.8) is 0 Å². The second-order valence-corrected chi connectivity index (χ2v) is 6.86. The van der Waals surface area contributed by atoms with Gasteiger partial charge in [-0.25, -0.2) is 4.99 Å². The van der Waals surface area contributed by atoms with Crippen molar-refractivity contribution in [3.8, 4) is 5.75 Å². The molecule has 1 aromatic carbocycles. The number of rotatable bonds is 8. The highest BCUT2D eigenvalue weighted by atomic mass is 32.1. The van der Waals surface area contributed by atoms with Crippen LogP contribution in [0.2, 0.25) is 0 Å². The molecule has 0 spiro atoms. The van der Waals surface area contributed by atoms with Gasteiger partial charge in [0.25, 0.3) is 0 Å². The Morgan fingerprint density at radius 2 is 2.00 bits per heavy atom. The Morgan fingerprint density at radius 3 is 2.64 bits per heavy atom. The molecule has 1 heterocycles. The van der Waals surface area contributed by atoms with E-state index in [0.29, 0.717) is 12.6 Å². The zero-order valence-electron chi connectivity index (χ0n) is 15.5. The Kier molecular flexibility index (Phi) is 7.76. The SMILES string of the molecule is CCNC(=NCc1ccccc1OC)NCC(c1cccs1)N(C)C. The van der Waals surface area contributed by atoms with E-state index in [0.717, 1.165) is 30.4 Å². The molecular formula is C19H28N4OS. The maximum Gasteiger partial charge on any atom is 0.191 e. The normalized spacial score (nSPS) is 12.9. The van der Waals surface area contributed by atoms with Crippen molar-refractivity contribution in [2.75, 3.05) is 34.3 Å². The largest absolute Gasteiger partial charge is 0.496 e. The third-order valence-corrected chi connectivity index (χ3v) is 4.88. The lowest BCUT2D eigenvalue weighted by Gasteiger charge is -2.24. The molecule has 0 aliphatic carbocycles. The molecule has 25 heavy (non-hydrogen) atoms. The summed E-state index contributed by atoms with van der Waals surface area (Å²) in [4.78, 5) is 8.27. The average Bonchev–Trinajstić information content (AvgIpc) is 3.14. The molecule has 0 aliphatic rings. The van der Waals surface area contributed by atoms with Gasteiger partial charge in [-0.15, -0.1) is 11.3 Å². The van der Waals surface area contributed by atoms with Crippen LogP contribution in [0.3, 0.4) is 0 Å². The van der Waals surface area contributed by atoms with Crippen molar-refractivity contribution in [1.82, 2.24) is 15.5 Å². The summed E-state index contributed by atoms with van der Waals surface area (Å²) < 4.78 is 5.40. The average molecular weight is 361 g/mol.